The second-order valence-electron chi connectivity index (χ2n) is 6.67. The first-order chi connectivity index (χ1) is 14.8. The molecule has 4 aromatic rings. The molecule has 0 aliphatic carbocycles. The summed E-state index contributed by atoms with van der Waals surface area (Å²) in [5.74, 6) is 0.122. The van der Waals surface area contributed by atoms with Crippen LogP contribution in [0.15, 0.2) is 72.0 Å². The zero-order valence-electron chi connectivity index (χ0n) is 15.8. The Hall–Kier alpha value is -2.97. The Balaban J connectivity index is 1.63. The smallest absolute Gasteiger partial charge is 0.360 e. The zero-order valence-corrected chi connectivity index (χ0v) is 17.4. The number of thioether (sulfide) groups is 1. The predicted molar refractivity (Wildman–Crippen MR) is 117 cm³/mol. The maximum absolute atomic E-state index is 13.0. The molecule has 158 valence electrons. The fraction of sp³-hybridized carbons (Fsp3) is 0.0909. The Morgan fingerprint density at radius 1 is 1.13 bits per heavy atom. The number of aromatic nitrogens is 2. The van der Waals surface area contributed by atoms with E-state index in [0.29, 0.717) is 16.7 Å². The molecular weight excluding hydrogens is 447 g/mol. The van der Waals surface area contributed by atoms with Gasteiger partial charge in [-0.15, -0.1) is 11.8 Å². The van der Waals surface area contributed by atoms with Crippen molar-refractivity contribution >= 4 is 45.9 Å². The summed E-state index contributed by atoms with van der Waals surface area (Å²) in [6.45, 7) is 0. The molecule has 0 spiro atoms. The Bertz CT molecular complexity index is 1240. The zero-order chi connectivity index (χ0) is 22.0. The van der Waals surface area contributed by atoms with Gasteiger partial charge in [-0.25, -0.2) is 0 Å². The van der Waals surface area contributed by atoms with Crippen molar-refractivity contribution in [2.24, 2.45) is 0 Å². The summed E-state index contributed by atoms with van der Waals surface area (Å²) in [4.78, 5) is 20.9. The maximum Gasteiger partial charge on any atom is 0.416 e. The van der Waals surface area contributed by atoms with Crippen molar-refractivity contribution < 1.29 is 18.0 Å². The summed E-state index contributed by atoms with van der Waals surface area (Å²) in [5.41, 5.74) is 1.16. The molecule has 2 N–H and O–H groups in total. The lowest BCUT2D eigenvalue weighted by Gasteiger charge is -2.12. The number of pyridine rings is 1. The molecule has 0 aliphatic heterocycles. The van der Waals surface area contributed by atoms with Gasteiger partial charge in [0.2, 0.25) is 0 Å². The van der Waals surface area contributed by atoms with Crippen molar-refractivity contribution in [3.05, 3.63) is 88.8 Å². The van der Waals surface area contributed by atoms with Crippen LogP contribution in [-0.2, 0) is 11.9 Å². The number of nitrogens with one attached hydrogen (secondary N) is 2. The van der Waals surface area contributed by atoms with E-state index in [0.717, 1.165) is 34.2 Å². The molecule has 4 nitrogen and oxygen atoms in total. The number of H-pyrrole nitrogens is 1. The van der Waals surface area contributed by atoms with Crippen molar-refractivity contribution in [1.82, 2.24) is 9.97 Å². The lowest BCUT2D eigenvalue weighted by atomic mass is 10.1. The molecule has 0 unspecified atom stereocenters. The molecule has 0 bridgehead atoms. The Morgan fingerprint density at radius 3 is 2.65 bits per heavy atom. The Kier molecular flexibility index (Phi) is 5.93. The van der Waals surface area contributed by atoms with E-state index in [9.17, 15) is 18.0 Å². The van der Waals surface area contributed by atoms with E-state index in [-0.39, 0.29) is 10.7 Å². The van der Waals surface area contributed by atoms with Crippen molar-refractivity contribution in [3.8, 4) is 0 Å². The van der Waals surface area contributed by atoms with Gasteiger partial charge in [0.1, 0.15) is 0 Å². The van der Waals surface area contributed by atoms with Crippen LogP contribution in [0.3, 0.4) is 0 Å². The summed E-state index contributed by atoms with van der Waals surface area (Å²) in [6, 6.07) is 12.2. The molecule has 2 aromatic heterocycles. The summed E-state index contributed by atoms with van der Waals surface area (Å²) in [7, 11) is 0. The quantitative estimate of drug-likeness (QED) is 0.322. The van der Waals surface area contributed by atoms with Gasteiger partial charge in [-0.3, -0.25) is 9.78 Å². The molecule has 0 radical (unpaired) electrons. The van der Waals surface area contributed by atoms with E-state index in [2.05, 4.69) is 15.3 Å². The Labute approximate surface area is 184 Å². The van der Waals surface area contributed by atoms with E-state index in [1.165, 1.54) is 6.20 Å². The number of hydrogen-bond acceptors (Lipinski definition) is 3. The number of benzene rings is 2. The molecule has 1 amide bonds. The van der Waals surface area contributed by atoms with E-state index in [1.807, 2.05) is 30.3 Å². The van der Waals surface area contributed by atoms with Crippen LogP contribution in [0, 0.1) is 0 Å². The van der Waals surface area contributed by atoms with Crippen LogP contribution >= 0.6 is 23.4 Å². The van der Waals surface area contributed by atoms with Gasteiger partial charge in [0.15, 0.2) is 0 Å². The Morgan fingerprint density at radius 2 is 1.90 bits per heavy atom. The van der Waals surface area contributed by atoms with E-state index < -0.39 is 17.6 Å². The number of carbonyl (C=O) groups excluding carboxylic acids is 1. The molecule has 2 heterocycles. The first-order valence-electron chi connectivity index (χ1n) is 9.13. The van der Waals surface area contributed by atoms with Gasteiger partial charge in [0.25, 0.3) is 5.91 Å². The minimum Gasteiger partial charge on any atom is -0.360 e. The topological polar surface area (TPSA) is 57.8 Å². The molecular formula is C22H15ClF3N3OS. The van der Waals surface area contributed by atoms with Crippen LogP contribution < -0.4 is 5.32 Å². The highest BCUT2D eigenvalue weighted by molar-refractivity contribution is 7.98. The molecule has 2 aromatic carbocycles. The maximum atomic E-state index is 13.0. The summed E-state index contributed by atoms with van der Waals surface area (Å²) < 4.78 is 39.1. The van der Waals surface area contributed by atoms with Gasteiger partial charge in [-0.1, -0.05) is 17.7 Å². The minimum atomic E-state index is -4.54. The van der Waals surface area contributed by atoms with Gasteiger partial charge < -0.3 is 10.3 Å². The number of halogens is 4. The number of hydrogen-bond donors (Lipinski definition) is 2. The normalized spacial score (nSPS) is 11.6. The number of amides is 1. The lowest BCUT2D eigenvalue weighted by molar-refractivity contribution is -0.137. The number of nitrogens with zero attached hydrogens (tertiary/aromatic N) is 1. The van der Waals surface area contributed by atoms with Crippen LogP contribution in [0.2, 0.25) is 5.02 Å². The molecule has 0 aliphatic rings. The molecule has 9 heteroatoms. The van der Waals surface area contributed by atoms with Gasteiger partial charge in [0.05, 0.1) is 21.8 Å². The first-order valence-corrected chi connectivity index (χ1v) is 10.5. The molecule has 0 fully saturated rings. The third-order valence-electron chi connectivity index (χ3n) is 4.60. The van der Waals surface area contributed by atoms with E-state index in [1.54, 1.807) is 24.2 Å². The fourth-order valence-electron chi connectivity index (χ4n) is 3.08. The van der Waals surface area contributed by atoms with Crippen molar-refractivity contribution in [3.63, 3.8) is 0 Å². The van der Waals surface area contributed by atoms with Gasteiger partial charge in [0, 0.05) is 40.1 Å². The minimum absolute atomic E-state index is 0.0217. The third kappa shape index (κ3) is 4.70. The monoisotopic (exact) mass is 461 g/mol. The lowest BCUT2D eigenvalue weighted by Crippen LogP contribution is -2.13. The molecule has 0 saturated heterocycles. The van der Waals surface area contributed by atoms with Crippen LogP contribution in [-0.4, -0.2) is 15.9 Å². The van der Waals surface area contributed by atoms with Gasteiger partial charge in [-0.05, 0) is 48.0 Å². The van der Waals surface area contributed by atoms with Crippen molar-refractivity contribution in [2.45, 2.75) is 16.8 Å². The number of fused-ring (bicyclic) bond motifs is 1. The fourth-order valence-corrected chi connectivity index (χ4v) is 4.30. The second kappa shape index (κ2) is 8.64. The van der Waals surface area contributed by atoms with Crippen LogP contribution in [0.1, 0.15) is 21.5 Å². The summed E-state index contributed by atoms with van der Waals surface area (Å²) in [5, 5.41) is 3.23. The molecule has 31 heavy (non-hydrogen) atoms. The van der Waals surface area contributed by atoms with Crippen LogP contribution in [0.25, 0.3) is 10.9 Å². The standard InChI is InChI=1S/C22H15ClF3N3OS/c23-16-5-4-14(22(24,25)26)10-18(16)29-21(30)15-11-28-17-2-1-3-19(20(15)17)31-12-13-6-8-27-9-7-13/h1-11,28H,12H2,(H,29,30). The summed E-state index contributed by atoms with van der Waals surface area (Å²) >= 11 is 7.57. The van der Waals surface area contributed by atoms with Crippen molar-refractivity contribution in [1.29, 1.82) is 0 Å². The molecule has 0 saturated carbocycles. The largest absolute Gasteiger partial charge is 0.416 e. The van der Waals surface area contributed by atoms with Crippen LogP contribution in [0.4, 0.5) is 18.9 Å². The average Bonchev–Trinajstić information content (AvgIpc) is 3.19. The number of aromatic amines is 1. The van der Waals surface area contributed by atoms with Gasteiger partial charge >= 0.3 is 6.18 Å². The predicted octanol–water partition coefficient (Wildman–Crippen LogP) is 6.78. The van der Waals surface area contributed by atoms with E-state index in [4.69, 9.17) is 11.6 Å². The number of anilines is 1. The number of rotatable bonds is 5. The molecule has 0 atom stereocenters. The highest BCUT2D eigenvalue weighted by Gasteiger charge is 2.31. The van der Waals surface area contributed by atoms with Crippen molar-refractivity contribution in [2.75, 3.05) is 5.32 Å². The second-order valence-corrected chi connectivity index (χ2v) is 8.10. The molecule has 4 rings (SSSR count). The van der Waals surface area contributed by atoms with E-state index >= 15 is 0 Å². The SMILES string of the molecule is O=C(Nc1cc(C(F)(F)F)ccc1Cl)c1c[nH]c2cccc(SCc3ccncc3)c12. The number of carbonyl (C=O) groups is 1. The van der Waals surface area contributed by atoms with Gasteiger partial charge in [-0.2, -0.15) is 13.2 Å². The first kappa shape index (κ1) is 21.3. The third-order valence-corrected chi connectivity index (χ3v) is 6.06. The average molecular weight is 462 g/mol. The summed E-state index contributed by atoms with van der Waals surface area (Å²) in [6.07, 6.45) is 0.425. The number of alkyl halides is 3. The van der Waals surface area contributed by atoms with Crippen LogP contribution in [0.5, 0.6) is 0 Å². The highest BCUT2D eigenvalue weighted by Crippen LogP contribution is 2.35. The highest BCUT2D eigenvalue weighted by atomic mass is 35.5.